The summed E-state index contributed by atoms with van der Waals surface area (Å²) >= 11 is 5.80. The van der Waals surface area contributed by atoms with Crippen LogP contribution in [-0.2, 0) is 0 Å². The zero-order valence-electron chi connectivity index (χ0n) is 10.7. The molecule has 0 aliphatic heterocycles. The summed E-state index contributed by atoms with van der Waals surface area (Å²) in [5.41, 5.74) is 3.01. The third kappa shape index (κ3) is 3.55. The van der Waals surface area contributed by atoms with Crippen LogP contribution >= 0.6 is 38.5 Å². The molecular weight excluding hydrogens is 420 g/mol. The molecule has 0 aliphatic carbocycles. The first kappa shape index (κ1) is 14.9. The normalized spacial score (nSPS) is 12.5. The van der Waals surface area contributed by atoms with Crippen molar-refractivity contribution in [3.63, 3.8) is 0 Å². The Morgan fingerprint density at radius 3 is 2.58 bits per heavy atom. The van der Waals surface area contributed by atoms with Gasteiger partial charge in [0.2, 0.25) is 0 Å². The number of rotatable bonds is 3. The summed E-state index contributed by atoms with van der Waals surface area (Å²) in [5, 5.41) is 3.26. The Kier molecular flexibility index (Phi) is 4.97. The van der Waals surface area contributed by atoms with Gasteiger partial charge >= 0.3 is 0 Å². The van der Waals surface area contributed by atoms with Crippen LogP contribution in [-0.4, -0.2) is 7.05 Å². The molecule has 0 spiro atoms. The van der Waals surface area contributed by atoms with Crippen molar-refractivity contribution in [2.24, 2.45) is 0 Å². The Labute approximate surface area is 134 Å². The van der Waals surface area contributed by atoms with E-state index in [9.17, 15) is 4.39 Å². The lowest BCUT2D eigenvalue weighted by atomic mass is 9.97. The molecule has 0 saturated heterocycles. The highest BCUT2D eigenvalue weighted by atomic mass is 127. The lowest BCUT2D eigenvalue weighted by molar-refractivity contribution is 0.615. The molecule has 2 rings (SSSR count). The molecule has 1 N–H and O–H groups in total. The van der Waals surface area contributed by atoms with Crippen molar-refractivity contribution >= 4 is 38.5 Å². The summed E-state index contributed by atoms with van der Waals surface area (Å²) in [6.07, 6.45) is 0. The Morgan fingerprint density at radius 2 is 1.95 bits per heavy atom. The van der Waals surface area contributed by atoms with E-state index < -0.39 is 0 Å². The van der Waals surface area contributed by atoms with E-state index in [0.717, 1.165) is 24.7 Å². The molecule has 2 aromatic rings. The maximum atomic E-state index is 13.6. The second-order valence-electron chi connectivity index (χ2n) is 4.45. The molecule has 0 saturated carbocycles. The minimum absolute atomic E-state index is 0.0150. The summed E-state index contributed by atoms with van der Waals surface area (Å²) in [5.74, 6) is -0.194. The van der Waals surface area contributed by atoms with Crippen LogP contribution in [0.4, 0.5) is 4.39 Å². The van der Waals surface area contributed by atoms with Gasteiger partial charge in [0.15, 0.2) is 0 Å². The van der Waals surface area contributed by atoms with Gasteiger partial charge in [-0.2, -0.15) is 0 Å². The summed E-state index contributed by atoms with van der Waals surface area (Å²) in [6, 6.07) is 11.3. The predicted octanol–water partition coefficient (Wildman–Crippen LogP) is 4.81. The van der Waals surface area contributed by atoms with Gasteiger partial charge in [0.25, 0.3) is 0 Å². The van der Waals surface area contributed by atoms with Crippen LogP contribution in [0.2, 0.25) is 0 Å². The zero-order chi connectivity index (χ0) is 14.0. The molecule has 1 unspecified atom stereocenters. The van der Waals surface area contributed by atoms with Gasteiger partial charge in [-0.15, -0.1) is 0 Å². The van der Waals surface area contributed by atoms with Crippen molar-refractivity contribution in [2.45, 2.75) is 13.0 Å². The van der Waals surface area contributed by atoms with Crippen molar-refractivity contribution in [3.8, 4) is 0 Å². The first-order valence-corrected chi connectivity index (χ1v) is 7.77. The van der Waals surface area contributed by atoms with E-state index in [4.69, 9.17) is 0 Å². The lowest BCUT2D eigenvalue weighted by Gasteiger charge is -2.19. The van der Waals surface area contributed by atoms with E-state index in [0.29, 0.717) is 0 Å². The molecule has 0 bridgehead atoms. The molecule has 0 amide bonds. The molecule has 0 aromatic heterocycles. The topological polar surface area (TPSA) is 12.0 Å². The Hall–Kier alpha value is -0.460. The molecule has 0 heterocycles. The van der Waals surface area contributed by atoms with E-state index in [1.807, 2.05) is 26.1 Å². The van der Waals surface area contributed by atoms with Gasteiger partial charge in [-0.05, 0) is 83.6 Å². The number of hydrogen-bond donors (Lipinski definition) is 1. The molecule has 0 fully saturated rings. The number of halogens is 3. The van der Waals surface area contributed by atoms with Gasteiger partial charge in [0.1, 0.15) is 5.82 Å². The predicted molar refractivity (Wildman–Crippen MR) is 88.9 cm³/mol. The fourth-order valence-electron chi connectivity index (χ4n) is 2.17. The van der Waals surface area contributed by atoms with Crippen LogP contribution in [0.25, 0.3) is 0 Å². The fraction of sp³-hybridized carbons (Fsp3) is 0.200. The van der Waals surface area contributed by atoms with Crippen LogP contribution in [0.15, 0.2) is 40.9 Å². The molecule has 19 heavy (non-hydrogen) atoms. The number of aryl methyl sites for hydroxylation is 1. The highest BCUT2D eigenvalue weighted by Gasteiger charge is 2.16. The zero-order valence-corrected chi connectivity index (χ0v) is 14.4. The molecule has 4 heteroatoms. The average molecular weight is 434 g/mol. The molecule has 0 aliphatic rings. The second-order valence-corrected chi connectivity index (χ2v) is 6.53. The molecule has 1 nitrogen and oxygen atoms in total. The minimum atomic E-state index is -0.194. The summed E-state index contributed by atoms with van der Waals surface area (Å²) in [7, 11) is 1.89. The van der Waals surface area contributed by atoms with Crippen molar-refractivity contribution in [2.75, 3.05) is 7.05 Å². The van der Waals surface area contributed by atoms with Gasteiger partial charge in [0.05, 0.1) is 6.04 Å². The molecule has 100 valence electrons. The van der Waals surface area contributed by atoms with E-state index in [2.05, 4.69) is 56.0 Å². The molecule has 0 radical (unpaired) electrons. The third-order valence-corrected chi connectivity index (χ3v) is 4.43. The largest absolute Gasteiger partial charge is 0.309 e. The van der Waals surface area contributed by atoms with Gasteiger partial charge in [-0.3, -0.25) is 0 Å². The maximum absolute atomic E-state index is 13.6. The lowest BCUT2D eigenvalue weighted by Crippen LogP contribution is -2.19. The molecule has 2 aromatic carbocycles. The van der Waals surface area contributed by atoms with E-state index in [1.54, 1.807) is 12.1 Å². The number of benzene rings is 2. The average Bonchev–Trinajstić information content (AvgIpc) is 2.33. The van der Waals surface area contributed by atoms with E-state index in [1.165, 1.54) is 0 Å². The monoisotopic (exact) mass is 433 g/mol. The maximum Gasteiger partial charge on any atom is 0.123 e. The van der Waals surface area contributed by atoms with Crippen LogP contribution in [0.1, 0.15) is 22.7 Å². The standard InChI is InChI=1S/C15H14BrFIN/c1-9-5-10(7-12(17)6-9)15(19-2)13-8-11(16)3-4-14(13)18/h3-8,15,19H,1-2H3. The van der Waals surface area contributed by atoms with E-state index >= 15 is 0 Å². The van der Waals surface area contributed by atoms with Crippen molar-refractivity contribution in [1.82, 2.24) is 5.32 Å². The van der Waals surface area contributed by atoms with Crippen molar-refractivity contribution in [3.05, 3.63) is 66.9 Å². The highest BCUT2D eigenvalue weighted by molar-refractivity contribution is 14.1. The van der Waals surface area contributed by atoms with Gasteiger partial charge in [0, 0.05) is 8.04 Å². The minimum Gasteiger partial charge on any atom is -0.309 e. The number of hydrogen-bond acceptors (Lipinski definition) is 1. The first-order chi connectivity index (χ1) is 9.01. The van der Waals surface area contributed by atoms with E-state index in [-0.39, 0.29) is 11.9 Å². The van der Waals surface area contributed by atoms with Crippen molar-refractivity contribution < 1.29 is 4.39 Å². The van der Waals surface area contributed by atoms with Crippen LogP contribution in [0.3, 0.4) is 0 Å². The third-order valence-electron chi connectivity index (χ3n) is 2.96. The van der Waals surface area contributed by atoms with Crippen LogP contribution < -0.4 is 5.32 Å². The first-order valence-electron chi connectivity index (χ1n) is 5.90. The van der Waals surface area contributed by atoms with Gasteiger partial charge in [-0.1, -0.05) is 22.0 Å². The van der Waals surface area contributed by atoms with Crippen LogP contribution in [0, 0.1) is 16.3 Å². The molecule has 1 atom stereocenters. The van der Waals surface area contributed by atoms with Crippen molar-refractivity contribution in [1.29, 1.82) is 0 Å². The summed E-state index contributed by atoms with van der Waals surface area (Å²) in [6.45, 7) is 1.91. The molecular formula is C15H14BrFIN. The highest BCUT2D eigenvalue weighted by Crippen LogP contribution is 2.29. The summed E-state index contributed by atoms with van der Waals surface area (Å²) in [4.78, 5) is 0. The Morgan fingerprint density at radius 1 is 1.21 bits per heavy atom. The number of nitrogens with one attached hydrogen (secondary N) is 1. The SMILES string of the molecule is CNC(c1cc(C)cc(F)c1)c1cc(Br)ccc1I. The Bertz CT molecular complexity index is 580. The smallest absolute Gasteiger partial charge is 0.123 e. The van der Waals surface area contributed by atoms with Gasteiger partial charge in [-0.25, -0.2) is 4.39 Å². The quantitative estimate of drug-likeness (QED) is 0.685. The fourth-order valence-corrected chi connectivity index (χ4v) is 3.19. The van der Waals surface area contributed by atoms with Gasteiger partial charge < -0.3 is 5.32 Å². The Balaban J connectivity index is 2.52. The summed E-state index contributed by atoms with van der Waals surface area (Å²) < 4.78 is 15.8. The van der Waals surface area contributed by atoms with Crippen LogP contribution in [0.5, 0.6) is 0 Å². The second kappa shape index (κ2) is 6.33.